The summed E-state index contributed by atoms with van der Waals surface area (Å²) in [7, 11) is 0. The highest BCUT2D eigenvalue weighted by Crippen LogP contribution is 2.54. The van der Waals surface area contributed by atoms with Crippen LogP contribution in [0.1, 0.15) is 35.1 Å². The van der Waals surface area contributed by atoms with Gasteiger partial charge in [-0.3, -0.25) is 20.2 Å². The molecule has 2 aliphatic rings. The SMILES string of the molecule is Cc1ccc([N+](=O)[O-])c2c1NC(c1cc([N+](=O)[O-])ccc1Cl)C1CC=CC21. The van der Waals surface area contributed by atoms with Gasteiger partial charge >= 0.3 is 0 Å². The highest BCUT2D eigenvalue weighted by atomic mass is 35.5. The van der Waals surface area contributed by atoms with Crippen LogP contribution in [0.15, 0.2) is 42.5 Å². The van der Waals surface area contributed by atoms with Crippen LogP contribution < -0.4 is 5.32 Å². The number of hydrogen-bond acceptors (Lipinski definition) is 5. The third kappa shape index (κ3) is 2.75. The maximum atomic E-state index is 11.6. The lowest BCUT2D eigenvalue weighted by Crippen LogP contribution is -2.30. The van der Waals surface area contributed by atoms with Crippen molar-refractivity contribution in [3.8, 4) is 0 Å². The number of nitrogens with zero attached hydrogens (tertiary/aromatic N) is 2. The summed E-state index contributed by atoms with van der Waals surface area (Å²) in [4.78, 5) is 22.0. The normalized spacial score (nSPS) is 22.7. The molecule has 0 saturated carbocycles. The highest BCUT2D eigenvalue weighted by molar-refractivity contribution is 6.31. The summed E-state index contributed by atoms with van der Waals surface area (Å²) in [6.07, 6.45) is 4.72. The fourth-order valence-corrected chi connectivity index (χ4v) is 4.42. The molecule has 1 aliphatic heterocycles. The number of halogens is 1. The molecule has 1 N–H and O–H groups in total. The van der Waals surface area contributed by atoms with Gasteiger partial charge in [-0.25, -0.2) is 0 Å². The topological polar surface area (TPSA) is 98.3 Å². The Morgan fingerprint density at radius 3 is 2.63 bits per heavy atom. The summed E-state index contributed by atoms with van der Waals surface area (Å²) in [6.45, 7) is 1.89. The van der Waals surface area contributed by atoms with E-state index in [1.807, 2.05) is 19.1 Å². The van der Waals surface area contributed by atoms with E-state index in [4.69, 9.17) is 11.6 Å². The first kappa shape index (κ1) is 17.5. The zero-order valence-electron chi connectivity index (χ0n) is 14.4. The molecular weight excluding hydrogens is 370 g/mol. The Bertz CT molecular complexity index is 1000. The smallest absolute Gasteiger partial charge is 0.275 e. The summed E-state index contributed by atoms with van der Waals surface area (Å²) in [5, 5.41) is 26.6. The fourth-order valence-electron chi connectivity index (χ4n) is 4.19. The van der Waals surface area contributed by atoms with Gasteiger partial charge in [-0.1, -0.05) is 29.8 Å². The Morgan fingerprint density at radius 2 is 1.93 bits per heavy atom. The molecule has 2 aromatic carbocycles. The van der Waals surface area contributed by atoms with Crippen molar-refractivity contribution in [1.82, 2.24) is 0 Å². The quantitative estimate of drug-likeness (QED) is 0.439. The molecule has 2 aromatic rings. The molecule has 138 valence electrons. The second-order valence-electron chi connectivity index (χ2n) is 6.89. The third-order valence-corrected chi connectivity index (χ3v) is 5.77. The molecule has 3 unspecified atom stereocenters. The van der Waals surface area contributed by atoms with Gasteiger partial charge in [0.2, 0.25) is 0 Å². The lowest BCUT2D eigenvalue weighted by atomic mass is 9.75. The number of non-ortho nitro benzene ring substituents is 1. The molecule has 0 aromatic heterocycles. The van der Waals surface area contributed by atoms with E-state index in [1.165, 1.54) is 18.2 Å². The second kappa shape index (κ2) is 6.35. The fraction of sp³-hybridized carbons (Fsp3) is 0.263. The maximum Gasteiger partial charge on any atom is 0.275 e. The molecule has 8 heteroatoms. The van der Waals surface area contributed by atoms with Gasteiger partial charge in [0, 0.05) is 40.4 Å². The van der Waals surface area contributed by atoms with Gasteiger partial charge in [0.25, 0.3) is 11.4 Å². The lowest BCUT2D eigenvalue weighted by Gasteiger charge is -2.38. The minimum atomic E-state index is -0.447. The number of nitrogens with one attached hydrogen (secondary N) is 1. The minimum Gasteiger partial charge on any atom is -0.377 e. The van der Waals surface area contributed by atoms with Gasteiger partial charge in [0.15, 0.2) is 0 Å². The molecule has 0 radical (unpaired) electrons. The van der Waals surface area contributed by atoms with Gasteiger partial charge < -0.3 is 5.32 Å². The Kier molecular flexibility index (Phi) is 4.11. The van der Waals surface area contributed by atoms with Crippen molar-refractivity contribution < 1.29 is 9.85 Å². The number of rotatable bonds is 3. The average Bonchev–Trinajstić information content (AvgIpc) is 3.11. The van der Waals surface area contributed by atoms with Crippen LogP contribution in [0, 0.1) is 33.1 Å². The number of nitro groups is 2. The summed E-state index contributed by atoms with van der Waals surface area (Å²) >= 11 is 6.38. The molecule has 0 spiro atoms. The number of anilines is 1. The van der Waals surface area contributed by atoms with Crippen LogP contribution >= 0.6 is 11.6 Å². The van der Waals surface area contributed by atoms with Crippen molar-refractivity contribution in [1.29, 1.82) is 0 Å². The second-order valence-corrected chi connectivity index (χ2v) is 7.29. The number of hydrogen-bond donors (Lipinski definition) is 1. The number of nitro benzene ring substituents is 2. The number of aryl methyl sites for hydroxylation is 1. The van der Waals surface area contributed by atoms with Gasteiger partial charge in [-0.15, -0.1) is 0 Å². The molecular formula is C19H16ClN3O4. The standard InChI is InChI=1S/C19H16ClN3O4/c1-10-5-8-16(23(26)27)17-12-3-2-4-13(12)19(21-18(10)17)14-9-11(22(24)25)6-7-15(14)20/h2-3,5-9,12-13,19,21H,4H2,1H3. The molecule has 0 bridgehead atoms. The van der Waals surface area contributed by atoms with Crippen LogP contribution in [-0.4, -0.2) is 9.85 Å². The van der Waals surface area contributed by atoms with Crippen LogP contribution in [0.25, 0.3) is 0 Å². The first-order valence-corrected chi connectivity index (χ1v) is 8.91. The molecule has 0 amide bonds. The third-order valence-electron chi connectivity index (χ3n) is 5.43. The van der Waals surface area contributed by atoms with Crippen molar-refractivity contribution in [3.05, 3.63) is 84.4 Å². The highest BCUT2D eigenvalue weighted by Gasteiger charge is 2.43. The molecule has 4 rings (SSSR count). The summed E-state index contributed by atoms with van der Waals surface area (Å²) in [5.74, 6) is -0.139. The predicted octanol–water partition coefficient (Wildman–Crippen LogP) is 5.29. The van der Waals surface area contributed by atoms with Crippen molar-refractivity contribution in [2.24, 2.45) is 5.92 Å². The van der Waals surface area contributed by atoms with Gasteiger partial charge in [0.1, 0.15) is 0 Å². The molecule has 1 aliphatic carbocycles. The van der Waals surface area contributed by atoms with Crippen LogP contribution in [0.4, 0.5) is 17.1 Å². The molecule has 1 heterocycles. The van der Waals surface area contributed by atoms with E-state index >= 15 is 0 Å². The monoisotopic (exact) mass is 385 g/mol. The summed E-state index contributed by atoms with van der Waals surface area (Å²) in [6, 6.07) is 7.39. The number of allylic oxidation sites excluding steroid dienone is 2. The van der Waals surface area contributed by atoms with E-state index in [2.05, 4.69) is 5.32 Å². The molecule has 27 heavy (non-hydrogen) atoms. The van der Waals surface area contributed by atoms with E-state index in [-0.39, 0.29) is 34.2 Å². The van der Waals surface area contributed by atoms with Crippen LogP contribution in [0.2, 0.25) is 5.02 Å². The van der Waals surface area contributed by atoms with Gasteiger partial charge in [-0.2, -0.15) is 0 Å². The Labute approximate surface area is 160 Å². The Balaban J connectivity index is 1.89. The van der Waals surface area contributed by atoms with E-state index in [9.17, 15) is 20.2 Å². The minimum absolute atomic E-state index is 0.00231. The van der Waals surface area contributed by atoms with Crippen molar-refractivity contribution in [2.75, 3.05) is 5.32 Å². The largest absolute Gasteiger partial charge is 0.377 e. The van der Waals surface area contributed by atoms with Crippen LogP contribution in [-0.2, 0) is 0 Å². The number of benzene rings is 2. The lowest BCUT2D eigenvalue weighted by molar-refractivity contribution is -0.385. The van der Waals surface area contributed by atoms with Gasteiger partial charge in [0.05, 0.1) is 21.5 Å². The molecule has 0 saturated heterocycles. The van der Waals surface area contributed by atoms with Crippen molar-refractivity contribution >= 4 is 28.7 Å². The van der Waals surface area contributed by atoms with Crippen LogP contribution in [0.5, 0.6) is 0 Å². The Morgan fingerprint density at radius 1 is 1.15 bits per heavy atom. The van der Waals surface area contributed by atoms with Crippen LogP contribution in [0.3, 0.4) is 0 Å². The average molecular weight is 386 g/mol. The van der Waals surface area contributed by atoms with Crippen molar-refractivity contribution in [2.45, 2.75) is 25.3 Å². The molecule has 0 fully saturated rings. The summed E-state index contributed by atoms with van der Waals surface area (Å²) < 4.78 is 0. The molecule has 3 atom stereocenters. The number of fused-ring (bicyclic) bond motifs is 3. The maximum absolute atomic E-state index is 11.6. The van der Waals surface area contributed by atoms with E-state index < -0.39 is 4.92 Å². The van der Waals surface area contributed by atoms with Gasteiger partial charge in [-0.05, 0) is 30.9 Å². The Hall–Kier alpha value is -2.93. The van der Waals surface area contributed by atoms with Crippen molar-refractivity contribution in [3.63, 3.8) is 0 Å². The van der Waals surface area contributed by atoms with E-state index in [1.54, 1.807) is 12.1 Å². The first-order valence-electron chi connectivity index (χ1n) is 8.53. The first-order chi connectivity index (χ1) is 12.9. The van der Waals surface area contributed by atoms with E-state index in [0.717, 1.165) is 5.56 Å². The zero-order chi connectivity index (χ0) is 19.3. The zero-order valence-corrected chi connectivity index (χ0v) is 15.1. The molecule has 7 nitrogen and oxygen atoms in total. The predicted molar refractivity (Wildman–Crippen MR) is 102 cm³/mol. The van der Waals surface area contributed by atoms with E-state index in [0.29, 0.717) is 28.3 Å². The summed E-state index contributed by atoms with van der Waals surface area (Å²) in [5.41, 5.74) is 2.98.